The number of nitrogens with one attached hydrogen (secondary N) is 3. The number of hydrogen-bond donors (Lipinski definition) is 4. The van der Waals surface area contributed by atoms with Gasteiger partial charge >= 0.3 is 6.09 Å². The van der Waals surface area contributed by atoms with E-state index < -0.39 is 11.6 Å². The second-order valence-corrected chi connectivity index (χ2v) is 7.98. The lowest BCUT2D eigenvalue weighted by atomic mass is 9.86. The van der Waals surface area contributed by atoms with Crippen LogP contribution >= 0.6 is 0 Å². The van der Waals surface area contributed by atoms with Crippen LogP contribution in [0, 0.1) is 0 Å². The van der Waals surface area contributed by atoms with E-state index in [-0.39, 0.29) is 18.4 Å². The highest BCUT2D eigenvalue weighted by Crippen LogP contribution is 2.25. The van der Waals surface area contributed by atoms with Gasteiger partial charge in [0.1, 0.15) is 5.54 Å². The summed E-state index contributed by atoms with van der Waals surface area (Å²) in [6, 6.07) is 16.1. The number of amides is 2. The van der Waals surface area contributed by atoms with Crippen LogP contribution in [-0.4, -0.2) is 33.7 Å². The molecule has 2 unspecified atom stereocenters. The number of hydrogen-bond acceptors (Lipinski definition) is 2. The van der Waals surface area contributed by atoms with E-state index in [2.05, 4.69) is 27.8 Å². The van der Waals surface area contributed by atoms with Gasteiger partial charge in [-0.1, -0.05) is 42.5 Å². The fourth-order valence-corrected chi connectivity index (χ4v) is 4.24. The minimum atomic E-state index is -1.27. The summed E-state index contributed by atoms with van der Waals surface area (Å²) < 4.78 is 0. The molecule has 3 aromatic rings. The number of aromatic nitrogens is 1. The van der Waals surface area contributed by atoms with Crippen LogP contribution in [0.3, 0.4) is 0 Å². The van der Waals surface area contributed by atoms with Gasteiger partial charge < -0.3 is 20.7 Å². The van der Waals surface area contributed by atoms with Crippen molar-refractivity contribution in [1.82, 2.24) is 15.6 Å². The molecular formula is C23H25N3O3. The SMILES string of the molecule is CC(Cc1c[nH]c2ccccc12)(NC(=O)O)C(=O)NC1CCc2ccccc2C1. The maximum atomic E-state index is 13.2. The lowest BCUT2D eigenvalue weighted by molar-refractivity contribution is -0.127. The molecule has 0 radical (unpaired) electrons. The van der Waals surface area contributed by atoms with E-state index in [0.717, 1.165) is 35.7 Å². The number of benzene rings is 2. The van der Waals surface area contributed by atoms with Crippen molar-refractivity contribution in [2.24, 2.45) is 0 Å². The maximum Gasteiger partial charge on any atom is 0.405 e. The molecule has 6 heteroatoms. The van der Waals surface area contributed by atoms with E-state index in [1.54, 1.807) is 6.92 Å². The molecule has 4 N–H and O–H groups in total. The zero-order valence-electron chi connectivity index (χ0n) is 16.4. The van der Waals surface area contributed by atoms with Crippen molar-refractivity contribution in [1.29, 1.82) is 0 Å². The molecule has 150 valence electrons. The van der Waals surface area contributed by atoms with Crippen LogP contribution in [0.4, 0.5) is 4.79 Å². The molecule has 29 heavy (non-hydrogen) atoms. The van der Waals surface area contributed by atoms with E-state index >= 15 is 0 Å². The number of aryl methyl sites for hydroxylation is 1. The van der Waals surface area contributed by atoms with E-state index in [0.29, 0.717) is 0 Å². The second-order valence-electron chi connectivity index (χ2n) is 7.98. The van der Waals surface area contributed by atoms with Crippen molar-refractivity contribution in [2.75, 3.05) is 0 Å². The first-order valence-corrected chi connectivity index (χ1v) is 9.88. The largest absolute Gasteiger partial charge is 0.465 e. The number of aromatic amines is 1. The fraction of sp³-hybridized carbons (Fsp3) is 0.304. The molecule has 1 aliphatic rings. The predicted molar refractivity (Wildman–Crippen MR) is 112 cm³/mol. The Bertz CT molecular complexity index is 1060. The Labute approximate surface area is 169 Å². The van der Waals surface area contributed by atoms with Crippen molar-refractivity contribution in [3.63, 3.8) is 0 Å². The van der Waals surface area contributed by atoms with Crippen LogP contribution in [0.15, 0.2) is 54.7 Å². The zero-order chi connectivity index (χ0) is 20.4. The van der Waals surface area contributed by atoms with Crippen molar-refractivity contribution >= 4 is 22.9 Å². The van der Waals surface area contributed by atoms with Gasteiger partial charge in [-0.15, -0.1) is 0 Å². The first-order valence-electron chi connectivity index (χ1n) is 9.88. The van der Waals surface area contributed by atoms with Crippen LogP contribution in [0.2, 0.25) is 0 Å². The van der Waals surface area contributed by atoms with Crippen molar-refractivity contribution in [3.8, 4) is 0 Å². The summed E-state index contributed by atoms with van der Waals surface area (Å²) in [5.41, 5.74) is 3.16. The molecule has 0 fully saturated rings. The molecular weight excluding hydrogens is 366 g/mol. The van der Waals surface area contributed by atoms with E-state index in [1.807, 2.05) is 42.6 Å². The van der Waals surface area contributed by atoms with Crippen LogP contribution in [0.25, 0.3) is 10.9 Å². The molecule has 1 aliphatic carbocycles. The van der Waals surface area contributed by atoms with Gasteiger partial charge in [-0.2, -0.15) is 0 Å². The Morgan fingerprint density at radius 2 is 1.86 bits per heavy atom. The minimum Gasteiger partial charge on any atom is -0.465 e. The molecule has 2 atom stereocenters. The van der Waals surface area contributed by atoms with Crippen molar-refractivity contribution in [2.45, 2.75) is 44.2 Å². The van der Waals surface area contributed by atoms with Gasteiger partial charge in [0.15, 0.2) is 0 Å². The highest BCUT2D eigenvalue weighted by molar-refractivity contribution is 5.91. The average Bonchev–Trinajstić information content (AvgIpc) is 3.10. The number of carboxylic acid groups (broad SMARTS) is 1. The third-order valence-corrected chi connectivity index (χ3v) is 5.78. The van der Waals surface area contributed by atoms with E-state index in [1.165, 1.54) is 11.1 Å². The Morgan fingerprint density at radius 1 is 1.14 bits per heavy atom. The highest BCUT2D eigenvalue weighted by atomic mass is 16.4. The summed E-state index contributed by atoms with van der Waals surface area (Å²) in [7, 11) is 0. The molecule has 0 spiro atoms. The molecule has 0 bridgehead atoms. The first-order chi connectivity index (χ1) is 13.9. The Balaban J connectivity index is 1.54. The smallest absolute Gasteiger partial charge is 0.405 e. The summed E-state index contributed by atoms with van der Waals surface area (Å²) >= 11 is 0. The minimum absolute atomic E-state index is 0.00436. The van der Waals surface area contributed by atoms with Gasteiger partial charge in [-0.25, -0.2) is 4.79 Å². The number of fused-ring (bicyclic) bond motifs is 2. The van der Waals surface area contributed by atoms with Gasteiger partial charge in [0.2, 0.25) is 5.91 Å². The number of carbonyl (C=O) groups excluding carboxylic acids is 1. The molecule has 0 saturated carbocycles. The van der Waals surface area contributed by atoms with Gasteiger partial charge in [0.05, 0.1) is 0 Å². The monoisotopic (exact) mass is 391 g/mol. The summed E-state index contributed by atoms with van der Waals surface area (Å²) in [4.78, 5) is 27.9. The second kappa shape index (κ2) is 7.62. The molecule has 2 aromatic carbocycles. The Hall–Kier alpha value is -3.28. The van der Waals surface area contributed by atoms with E-state index in [9.17, 15) is 14.7 Å². The zero-order valence-corrected chi connectivity index (χ0v) is 16.4. The number of carbonyl (C=O) groups is 2. The average molecular weight is 391 g/mol. The lowest BCUT2D eigenvalue weighted by Gasteiger charge is -2.32. The third kappa shape index (κ3) is 3.97. The molecule has 6 nitrogen and oxygen atoms in total. The molecule has 4 rings (SSSR count). The molecule has 1 heterocycles. The molecule has 0 aliphatic heterocycles. The normalized spacial score (nSPS) is 17.9. The Morgan fingerprint density at radius 3 is 2.66 bits per heavy atom. The van der Waals surface area contributed by atoms with E-state index in [4.69, 9.17) is 0 Å². The van der Waals surface area contributed by atoms with Gasteiger partial charge in [0.25, 0.3) is 0 Å². The molecule has 1 aromatic heterocycles. The van der Waals surface area contributed by atoms with Crippen molar-refractivity contribution < 1.29 is 14.7 Å². The predicted octanol–water partition coefficient (Wildman–Crippen LogP) is 3.41. The quantitative estimate of drug-likeness (QED) is 0.537. The number of para-hydroxylation sites is 1. The summed E-state index contributed by atoms with van der Waals surface area (Å²) in [6.45, 7) is 1.65. The summed E-state index contributed by atoms with van der Waals surface area (Å²) in [5.74, 6) is -0.297. The summed E-state index contributed by atoms with van der Waals surface area (Å²) in [6.07, 6.45) is 3.41. The topological polar surface area (TPSA) is 94.2 Å². The Kier molecular flexibility index (Phi) is 5.01. The number of H-pyrrole nitrogens is 1. The fourth-order valence-electron chi connectivity index (χ4n) is 4.24. The highest BCUT2D eigenvalue weighted by Gasteiger charge is 2.37. The van der Waals surface area contributed by atoms with Crippen molar-refractivity contribution in [3.05, 3.63) is 71.4 Å². The third-order valence-electron chi connectivity index (χ3n) is 5.78. The first kappa shape index (κ1) is 19.1. The lowest BCUT2D eigenvalue weighted by Crippen LogP contribution is -2.60. The van der Waals surface area contributed by atoms with Gasteiger partial charge in [-0.3, -0.25) is 4.79 Å². The molecule has 0 saturated heterocycles. The molecule has 2 amide bonds. The number of rotatable bonds is 5. The van der Waals surface area contributed by atoms with Crippen LogP contribution in [-0.2, 0) is 24.1 Å². The standard InChI is InChI=1S/C23H25N3O3/c1-23(26-22(28)29,13-17-14-24-20-9-5-4-8-19(17)20)21(27)25-18-11-10-15-6-2-3-7-16(15)12-18/h2-9,14,18,24,26H,10-13H2,1H3,(H,25,27)(H,28,29). The van der Waals surface area contributed by atoms with Gasteiger partial charge in [-0.05, 0) is 48.9 Å². The summed E-state index contributed by atoms with van der Waals surface area (Å²) in [5, 5.41) is 15.9. The van der Waals surface area contributed by atoms with Crippen LogP contribution < -0.4 is 10.6 Å². The van der Waals surface area contributed by atoms with Crippen LogP contribution in [0.1, 0.15) is 30.0 Å². The van der Waals surface area contributed by atoms with Crippen LogP contribution in [0.5, 0.6) is 0 Å². The van der Waals surface area contributed by atoms with Gasteiger partial charge in [0, 0.05) is 29.6 Å². The maximum absolute atomic E-state index is 13.2.